The molecule has 0 aromatic heterocycles. The number of rotatable bonds is 4. The minimum atomic E-state index is -0.853. The van der Waals surface area contributed by atoms with E-state index in [2.05, 4.69) is 5.10 Å². The summed E-state index contributed by atoms with van der Waals surface area (Å²) < 4.78 is 33.9. The molecule has 146 valence electrons. The number of ether oxygens (including phenoxy) is 1. The summed E-state index contributed by atoms with van der Waals surface area (Å²) in [5, 5.41) is 6.13. The van der Waals surface area contributed by atoms with Gasteiger partial charge in [-0.25, -0.2) is 13.8 Å². The van der Waals surface area contributed by atoms with Gasteiger partial charge in [0, 0.05) is 24.0 Å². The summed E-state index contributed by atoms with van der Waals surface area (Å²) in [6, 6.07) is 10.7. The number of carbonyl (C=O) groups excluding carboxylic acids is 1. The Morgan fingerprint density at radius 1 is 1.29 bits per heavy atom. The average molecular weight is 403 g/mol. The van der Waals surface area contributed by atoms with Gasteiger partial charge in [0.2, 0.25) is 5.91 Å². The van der Waals surface area contributed by atoms with Crippen molar-refractivity contribution in [3.63, 3.8) is 0 Å². The average Bonchev–Trinajstić information content (AvgIpc) is 3.08. The zero-order valence-corrected chi connectivity index (χ0v) is 15.8. The minimum absolute atomic E-state index is 0.0440. The van der Waals surface area contributed by atoms with E-state index in [-0.39, 0.29) is 22.9 Å². The number of nitrogens with zero attached hydrogens (tertiary/aromatic N) is 2. The maximum Gasteiger partial charge on any atom is 0.244 e. The third-order valence-electron chi connectivity index (χ3n) is 4.79. The maximum atomic E-state index is 14.4. The van der Waals surface area contributed by atoms with Crippen molar-refractivity contribution in [1.29, 1.82) is 0 Å². The van der Waals surface area contributed by atoms with Crippen molar-refractivity contribution >= 4 is 22.7 Å². The molecule has 0 radical (unpaired) electrons. The van der Waals surface area contributed by atoms with Crippen molar-refractivity contribution in [1.82, 2.24) is 5.01 Å². The Morgan fingerprint density at radius 2 is 2.11 bits per heavy atom. The van der Waals surface area contributed by atoms with E-state index in [0.717, 1.165) is 23.8 Å². The molecule has 0 aliphatic carbocycles. The lowest BCUT2D eigenvalue weighted by Crippen LogP contribution is -2.44. The smallest absolute Gasteiger partial charge is 0.244 e. The van der Waals surface area contributed by atoms with Gasteiger partial charge in [-0.1, -0.05) is 30.0 Å². The number of hydrogen-bond acceptors (Lipinski definition) is 5. The van der Waals surface area contributed by atoms with Crippen LogP contribution in [0.25, 0.3) is 0 Å². The van der Waals surface area contributed by atoms with Crippen LogP contribution in [0.5, 0.6) is 5.75 Å². The highest BCUT2D eigenvalue weighted by atomic mass is 32.2. The molecule has 0 unspecified atom stereocenters. The summed E-state index contributed by atoms with van der Waals surface area (Å²) in [5.74, 6) is -0.691. The van der Waals surface area contributed by atoms with Gasteiger partial charge >= 0.3 is 0 Å². The lowest BCUT2D eigenvalue weighted by atomic mass is 9.98. The van der Waals surface area contributed by atoms with Gasteiger partial charge in [0.25, 0.3) is 0 Å². The molecule has 2 aromatic carbocycles. The van der Waals surface area contributed by atoms with Crippen LogP contribution in [0, 0.1) is 11.6 Å². The summed E-state index contributed by atoms with van der Waals surface area (Å²) in [7, 11) is 0. The molecule has 4 rings (SSSR count). The van der Waals surface area contributed by atoms with Crippen molar-refractivity contribution < 1.29 is 18.3 Å². The van der Waals surface area contributed by atoms with Crippen molar-refractivity contribution in [3.8, 4) is 5.75 Å². The van der Waals surface area contributed by atoms with Gasteiger partial charge in [-0.3, -0.25) is 4.79 Å². The number of carbonyl (C=O) groups is 1. The molecule has 1 amide bonds. The van der Waals surface area contributed by atoms with E-state index in [0.29, 0.717) is 31.7 Å². The van der Waals surface area contributed by atoms with Crippen molar-refractivity contribution in [2.75, 3.05) is 13.2 Å². The minimum Gasteiger partial charge on any atom is -0.493 e. The van der Waals surface area contributed by atoms with E-state index >= 15 is 0 Å². The highest BCUT2D eigenvalue weighted by molar-refractivity contribution is 8.15. The number of fused-ring (bicyclic) bond motifs is 2. The number of benzene rings is 2. The predicted molar refractivity (Wildman–Crippen MR) is 104 cm³/mol. The van der Waals surface area contributed by atoms with Crippen LogP contribution in [0.2, 0.25) is 0 Å². The van der Waals surface area contributed by atoms with Crippen molar-refractivity contribution in [2.45, 2.75) is 24.1 Å². The number of amides is 1. The molecule has 2 aliphatic rings. The standard InChI is InChI=1S/C20H19F2N3O2S/c21-13-7-8-16(22)14(12-13)19-24-25(18(26)6-3-10-23)20(28-19)9-11-27-17-5-2-1-4-15(17)20/h1-2,4-5,7-8,12H,3,6,9-11,23H2/t20-/m1/s1. The van der Waals surface area contributed by atoms with Crippen LogP contribution >= 0.6 is 11.8 Å². The monoisotopic (exact) mass is 403 g/mol. The van der Waals surface area contributed by atoms with Crippen LogP contribution in [0.3, 0.4) is 0 Å². The molecule has 2 aromatic rings. The van der Waals surface area contributed by atoms with E-state index < -0.39 is 16.5 Å². The first-order valence-corrected chi connectivity index (χ1v) is 9.85. The fourth-order valence-electron chi connectivity index (χ4n) is 3.46. The highest BCUT2D eigenvalue weighted by Crippen LogP contribution is 2.54. The van der Waals surface area contributed by atoms with Crippen LogP contribution in [-0.2, 0) is 9.67 Å². The van der Waals surface area contributed by atoms with E-state index in [1.165, 1.54) is 16.8 Å². The number of para-hydroxylation sites is 1. The number of hydrogen-bond donors (Lipinski definition) is 1. The van der Waals surface area contributed by atoms with Gasteiger partial charge in [0.15, 0.2) is 0 Å². The van der Waals surface area contributed by atoms with E-state index in [9.17, 15) is 13.6 Å². The van der Waals surface area contributed by atoms with Gasteiger partial charge in [-0.15, -0.1) is 0 Å². The Hall–Kier alpha value is -2.45. The second-order valence-corrected chi connectivity index (χ2v) is 7.87. The molecule has 0 fully saturated rings. The third kappa shape index (κ3) is 3.16. The van der Waals surface area contributed by atoms with E-state index in [1.54, 1.807) is 0 Å². The van der Waals surface area contributed by atoms with Crippen LogP contribution in [0.1, 0.15) is 30.4 Å². The molecule has 5 nitrogen and oxygen atoms in total. The fraction of sp³-hybridized carbons (Fsp3) is 0.300. The summed E-state index contributed by atoms with van der Waals surface area (Å²) in [5.41, 5.74) is 6.39. The fourth-order valence-corrected chi connectivity index (χ4v) is 4.86. The highest BCUT2D eigenvalue weighted by Gasteiger charge is 2.51. The molecule has 1 spiro atoms. The molecule has 2 aliphatic heterocycles. The Bertz CT molecular complexity index is 953. The number of halogens is 2. The molecule has 8 heteroatoms. The molecule has 2 N–H and O–H groups in total. The summed E-state index contributed by atoms with van der Waals surface area (Å²) in [6.45, 7) is 0.771. The second-order valence-electron chi connectivity index (χ2n) is 6.61. The summed E-state index contributed by atoms with van der Waals surface area (Å²) in [4.78, 5) is 12.1. The number of hydrazone groups is 1. The van der Waals surface area contributed by atoms with Crippen molar-refractivity contribution in [2.24, 2.45) is 10.8 Å². The molecular formula is C20H19F2N3O2S. The predicted octanol–water partition coefficient (Wildman–Crippen LogP) is 3.58. The van der Waals surface area contributed by atoms with Gasteiger partial charge in [-0.05, 0) is 37.2 Å². The first-order valence-electron chi connectivity index (χ1n) is 9.03. The van der Waals surface area contributed by atoms with Crippen LogP contribution in [0.15, 0.2) is 47.6 Å². The van der Waals surface area contributed by atoms with Crippen molar-refractivity contribution in [3.05, 3.63) is 65.2 Å². The number of nitrogens with two attached hydrogens (primary N) is 1. The normalized spacial score (nSPS) is 20.7. The number of thioether (sulfide) groups is 1. The molecule has 1 atom stereocenters. The Balaban J connectivity index is 1.81. The maximum absolute atomic E-state index is 14.4. The zero-order valence-electron chi connectivity index (χ0n) is 15.0. The van der Waals surface area contributed by atoms with Gasteiger partial charge < -0.3 is 10.5 Å². The molecule has 0 saturated heterocycles. The molecular weight excluding hydrogens is 384 g/mol. The largest absolute Gasteiger partial charge is 0.493 e. The molecule has 0 bridgehead atoms. The summed E-state index contributed by atoms with van der Waals surface area (Å²) in [6.07, 6.45) is 1.23. The zero-order chi connectivity index (χ0) is 19.7. The van der Waals surface area contributed by atoms with Crippen LogP contribution < -0.4 is 10.5 Å². The quantitative estimate of drug-likeness (QED) is 0.847. The Labute approximate surface area is 165 Å². The Morgan fingerprint density at radius 3 is 2.93 bits per heavy atom. The lowest BCUT2D eigenvalue weighted by Gasteiger charge is -2.39. The summed E-state index contributed by atoms with van der Waals surface area (Å²) >= 11 is 1.26. The lowest BCUT2D eigenvalue weighted by molar-refractivity contribution is -0.135. The van der Waals surface area contributed by atoms with Gasteiger partial charge in [-0.2, -0.15) is 5.10 Å². The van der Waals surface area contributed by atoms with E-state index in [4.69, 9.17) is 10.5 Å². The second kappa shape index (κ2) is 7.52. The molecule has 2 heterocycles. The molecule has 0 saturated carbocycles. The Kier molecular flexibility index (Phi) is 5.07. The van der Waals surface area contributed by atoms with E-state index in [1.807, 2.05) is 24.3 Å². The topological polar surface area (TPSA) is 67.9 Å². The first kappa shape index (κ1) is 18.9. The van der Waals surface area contributed by atoms with Crippen LogP contribution in [-0.4, -0.2) is 29.1 Å². The molecule has 28 heavy (non-hydrogen) atoms. The SMILES string of the molecule is NCCCC(=O)N1N=C(c2cc(F)ccc2F)S[C@@]12CCOc1ccccc12. The van der Waals surface area contributed by atoms with Gasteiger partial charge in [0.05, 0.1) is 6.61 Å². The van der Waals surface area contributed by atoms with Crippen LogP contribution in [0.4, 0.5) is 8.78 Å². The first-order chi connectivity index (χ1) is 13.5. The van der Waals surface area contributed by atoms with Gasteiger partial charge in [0.1, 0.15) is 27.3 Å². The third-order valence-corrected chi connectivity index (χ3v) is 6.22.